The van der Waals surface area contributed by atoms with Gasteiger partial charge in [-0.3, -0.25) is 10.1 Å². The van der Waals surface area contributed by atoms with Crippen molar-refractivity contribution in [1.29, 1.82) is 0 Å². The SMILES string of the molecule is O=C(NC(=S)Nc1nc(-c2cccc3ccccc23)cs1)c1cc(Cl)ccc1Cl. The van der Waals surface area contributed by atoms with Gasteiger partial charge in [0, 0.05) is 16.0 Å². The predicted octanol–water partition coefficient (Wildman–Crippen LogP) is 6.40. The Hall–Kier alpha value is -2.51. The second-order valence-electron chi connectivity index (χ2n) is 6.10. The number of amides is 1. The molecule has 0 bridgehead atoms. The Morgan fingerprint density at radius 2 is 1.83 bits per heavy atom. The van der Waals surface area contributed by atoms with Gasteiger partial charge >= 0.3 is 0 Å². The Morgan fingerprint density at radius 1 is 1.03 bits per heavy atom. The summed E-state index contributed by atoms with van der Waals surface area (Å²) in [6, 6.07) is 18.9. The summed E-state index contributed by atoms with van der Waals surface area (Å²) in [6.45, 7) is 0. The van der Waals surface area contributed by atoms with Gasteiger partial charge in [-0.15, -0.1) is 11.3 Å². The fourth-order valence-electron chi connectivity index (χ4n) is 2.87. The minimum Gasteiger partial charge on any atom is -0.308 e. The Morgan fingerprint density at radius 3 is 2.69 bits per heavy atom. The second kappa shape index (κ2) is 8.47. The molecule has 29 heavy (non-hydrogen) atoms. The minimum absolute atomic E-state index is 0.130. The van der Waals surface area contributed by atoms with E-state index in [2.05, 4.69) is 33.8 Å². The predicted molar refractivity (Wildman–Crippen MR) is 125 cm³/mol. The van der Waals surface area contributed by atoms with Crippen LogP contribution in [0.3, 0.4) is 0 Å². The molecule has 0 unspecified atom stereocenters. The molecule has 8 heteroatoms. The summed E-state index contributed by atoms with van der Waals surface area (Å²) in [7, 11) is 0. The van der Waals surface area contributed by atoms with Gasteiger partial charge in [0.25, 0.3) is 5.91 Å². The van der Waals surface area contributed by atoms with Crippen LogP contribution in [0.1, 0.15) is 10.4 Å². The van der Waals surface area contributed by atoms with Crippen LogP contribution < -0.4 is 10.6 Å². The van der Waals surface area contributed by atoms with Crippen molar-refractivity contribution >= 4 is 73.7 Å². The van der Waals surface area contributed by atoms with E-state index in [1.54, 1.807) is 12.1 Å². The Balaban J connectivity index is 1.50. The lowest BCUT2D eigenvalue weighted by molar-refractivity contribution is 0.0978. The summed E-state index contributed by atoms with van der Waals surface area (Å²) in [5, 5.41) is 11.2. The number of halogens is 2. The summed E-state index contributed by atoms with van der Waals surface area (Å²) in [5.41, 5.74) is 2.12. The number of rotatable bonds is 3. The Labute approximate surface area is 186 Å². The molecule has 0 saturated heterocycles. The lowest BCUT2D eigenvalue weighted by Crippen LogP contribution is -2.34. The lowest BCUT2D eigenvalue weighted by Gasteiger charge is -2.08. The third kappa shape index (κ3) is 4.41. The molecule has 0 fully saturated rings. The summed E-state index contributed by atoms with van der Waals surface area (Å²) in [4.78, 5) is 17.0. The maximum Gasteiger partial charge on any atom is 0.258 e. The number of hydrogen-bond acceptors (Lipinski definition) is 4. The quantitative estimate of drug-likeness (QED) is 0.349. The third-order valence-electron chi connectivity index (χ3n) is 4.19. The number of benzene rings is 3. The molecule has 4 aromatic rings. The zero-order valence-electron chi connectivity index (χ0n) is 14.8. The van der Waals surface area contributed by atoms with Crippen LogP contribution >= 0.6 is 46.8 Å². The molecular weight excluding hydrogens is 445 g/mol. The monoisotopic (exact) mass is 457 g/mol. The van der Waals surface area contributed by atoms with Crippen molar-refractivity contribution in [3.05, 3.63) is 81.7 Å². The summed E-state index contributed by atoms with van der Waals surface area (Å²) < 4.78 is 0. The van der Waals surface area contributed by atoms with Crippen molar-refractivity contribution < 1.29 is 4.79 Å². The number of aromatic nitrogens is 1. The molecule has 0 radical (unpaired) electrons. The van der Waals surface area contributed by atoms with Gasteiger partial charge in [-0.1, -0.05) is 65.7 Å². The van der Waals surface area contributed by atoms with Crippen LogP contribution in [-0.4, -0.2) is 16.0 Å². The first kappa shape index (κ1) is 19.8. The average molecular weight is 458 g/mol. The maximum atomic E-state index is 12.4. The molecule has 0 spiro atoms. The Kier molecular flexibility index (Phi) is 5.78. The molecular formula is C21H13Cl2N3OS2. The van der Waals surface area contributed by atoms with Crippen molar-refractivity contribution in [3.8, 4) is 11.3 Å². The van der Waals surface area contributed by atoms with Gasteiger partial charge < -0.3 is 5.32 Å². The zero-order chi connectivity index (χ0) is 20.4. The van der Waals surface area contributed by atoms with E-state index in [4.69, 9.17) is 35.4 Å². The topological polar surface area (TPSA) is 54.0 Å². The van der Waals surface area contributed by atoms with Crippen LogP contribution in [0.4, 0.5) is 5.13 Å². The molecule has 1 amide bonds. The number of fused-ring (bicyclic) bond motifs is 1. The van der Waals surface area contributed by atoms with Crippen molar-refractivity contribution in [2.75, 3.05) is 5.32 Å². The van der Waals surface area contributed by atoms with Gasteiger partial charge in [-0.2, -0.15) is 0 Å². The van der Waals surface area contributed by atoms with Gasteiger partial charge in [-0.05, 0) is 41.2 Å². The number of nitrogens with zero attached hydrogens (tertiary/aromatic N) is 1. The standard InChI is InChI=1S/C21H13Cl2N3OS2/c22-13-8-9-17(23)16(10-13)19(27)25-20(28)26-21-24-18(11-29-21)15-7-3-5-12-4-1-2-6-14(12)15/h1-11H,(H2,24,25,26,27,28). The molecule has 144 valence electrons. The number of carbonyl (C=O) groups excluding carboxylic acids is 1. The first-order valence-corrected chi connectivity index (χ1v) is 10.6. The number of hydrogen-bond donors (Lipinski definition) is 2. The first-order chi connectivity index (χ1) is 14.0. The van der Waals surface area contributed by atoms with E-state index in [1.165, 1.54) is 17.4 Å². The molecule has 0 aliphatic heterocycles. The van der Waals surface area contributed by atoms with Gasteiger partial charge in [0.1, 0.15) is 0 Å². The highest BCUT2D eigenvalue weighted by Gasteiger charge is 2.14. The third-order valence-corrected chi connectivity index (χ3v) is 5.72. The average Bonchev–Trinajstić information content (AvgIpc) is 3.17. The van der Waals surface area contributed by atoms with Gasteiger partial charge in [0.15, 0.2) is 10.2 Å². The molecule has 2 N–H and O–H groups in total. The van der Waals surface area contributed by atoms with Crippen LogP contribution in [0, 0.1) is 0 Å². The zero-order valence-corrected chi connectivity index (χ0v) is 17.9. The van der Waals surface area contributed by atoms with E-state index in [-0.39, 0.29) is 10.7 Å². The summed E-state index contributed by atoms with van der Waals surface area (Å²) in [6.07, 6.45) is 0. The van der Waals surface area contributed by atoms with E-state index >= 15 is 0 Å². The fraction of sp³-hybridized carbons (Fsp3) is 0. The van der Waals surface area contributed by atoms with E-state index < -0.39 is 5.91 Å². The normalized spacial score (nSPS) is 10.7. The molecule has 4 rings (SSSR count). The summed E-state index contributed by atoms with van der Waals surface area (Å²) in [5.74, 6) is -0.444. The highest BCUT2D eigenvalue weighted by atomic mass is 35.5. The molecule has 4 nitrogen and oxygen atoms in total. The highest BCUT2D eigenvalue weighted by Crippen LogP contribution is 2.31. The minimum atomic E-state index is -0.444. The molecule has 1 aromatic heterocycles. The van der Waals surface area contributed by atoms with Gasteiger partial charge in [0.2, 0.25) is 0 Å². The van der Waals surface area contributed by atoms with Crippen LogP contribution in [0.5, 0.6) is 0 Å². The fourth-order valence-corrected chi connectivity index (χ4v) is 4.22. The number of anilines is 1. The van der Waals surface area contributed by atoms with E-state index in [9.17, 15) is 4.79 Å². The van der Waals surface area contributed by atoms with Crippen LogP contribution in [0.25, 0.3) is 22.0 Å². The maximum absolute atomic E-state index is 12.4. The molecule has 0 aliphatic rings. The van der Waals surface area contributed by atoms with Gasteiger partial charge in [0.05, 0.1) is 16.3 Å². The number of carbonyl (C=O) groups is 1. The van der Waals surface area contributed by atoms with Crippen molar-refractivity contribution in [3.63, 3.8) is 0 Å². The molecule has 0 aliphatic carbocycles. The largest absolute Gasteiger partial charge is 0.308 e. The van der Waals surface area contributed by atoms with Crippen LogP contribution in [-0.2, 0) is 0 Å². The summed E-state index contributed by atoms with van der Waals surface area (Å²) >= 11 is 18.6. The van der Waals surface area contributed by atoms with Crippen LogP contribution in [0.2, 0.25) is 10.0 Å². The van der Waals surface area contributed by atoms with Gasteiger partial charge in [-0.25, -0.2) is 4.98 Å². The second-order valence-corrected chi connectivity index (χ2v) is 8.21. The van der Waals surface area contributed by atoms with E-state index in [1.807, 2.05) is 29.6 Å². The van der Waals surface area contributed by atoms with Crippen molar-refractivity contribution in [2.24, 2.45) is 0 Å². The highest BCUT2D eigenvalue weighted by molar-refractivity contribution is 7.80. The van der Waals surface area contributed by atoms with Crippen LogP contribution in [0.15, 0.2) is 66.0 Å². The van der Waals surface area contributed by atoms with Crippen molar-refractivity contribution in [1.82, 2.24) is 10.3 Å². The van der Waals surface area contributed by atoms with E-state index in [0.717, 1.165) is 22.0 Å². The Bertz CT molecular complexity index is 1230. The first-order valence-electron chi connectivity index (χ1n) is 8.52. The number of thiocarbonyl (C=S) groups is 1. The van der Waals surface area contributed by atoms with E-state index in [0.29, 0.717) is 15.2 Å². The lowest BCUT2D eigenvalue weighted by atomic mass is 10.0. The molecule has 0 saturated carbocycles. The van der Waals surface area contributed by atoms with Crippen molar-refractivity contribution in [2.45, 2.75) is 0 Å². The smallest absolute Gasteiger partial charge is 0.258 e. The number of nitrogens with one attached hydrogen (secondary N) is 2. The molecule has 0 atom stereocenters. The molecule has 1 heterocycles. The molecule has 3 aromatic carbocycles. The number of thiazole rings is 1.